The number of aryl methyl sites for hydroxylation is 1. The third kappa shape index (κ3) is 5.69. The molecule has 0 unspecified atom stereocenters. The highest BCUT2D eigenvalue weighted by Gasteiger charge is 2.21. The van der Waals surface area contributed by atoms with Crippen LogP contribution in [0.25, 0.3) is 10.4 Å². The van der Waals surface area contributed by atoms with E-state index in [0.717, 1.165) is 28.7 Å². The van der Waals surface area contributed by atoms with E-state index in [1.54, 1.807) is 23.1 Å². The van der Waals surface area contributed by atoms with Gasteiger partial charge in [-0.05, 0) is 54.2 Å². The number of cyclic esters (lactones) is 1. The number of unbranched alkanes of at least 4 members (excludes halogenated alkanes) is 1. The Kier molecular flexibility index (Phi) is 8.03. The first-order chi connectivity index (χ1) is 16.0. The minimum atomic E-state index is -0.783. The Labute approximate surface area is 192 Å². The molecule has 2 aromatic carbocycles. The van der Waals surface area contributed by atoms with E-state index in [4.69, 9.17) is 16.0 Å². The Morgan fingerprint density at radius 3 is 2.64 bits per heavy atom. The molecule has 1 aliphatic heterocycles. The quantitative estimate of drug-likeness (QED) is 0.219. The van der Waals surface area contributed by atoms with Gasteiger partial charge in [-0.1, -0.05) is 35.5 Å². The summed E-state index contributed by atoms with van der Waals surface area (Å²) in [4.78, 5) is 21.4. The van der Waals surface area contributed by atoms with Crippen molar-refractivity contribution in [2.75, 3.05) is 33.9 Å². The molecule has 0 aliphatic carbocycles. The lowest BCUT2D eigenvalue weighted by Crippen LogP contribution is -2.25. The number of nitrogens with zero attached hydrogens (tertiary/aromatic N) is 3. The number of hydrogen-bond donors (Lipinski definition) is 0. The highest BCUT2D eigenvalue weighted by molar-refractivity contribution is 5.98. The standard InChI is InChI=1S/C25H26FN3O4/c1-17-15-19(16-22(23(17)31-3)24(26)28-32-4)21(18-8-10-20(27-2)11-9-18)7-5-6-12-29-13-14-33-25(29)30/h7-11,15-16H,5-6,12-14H2,1,3-4H3/b21-7-,28-24-. The smallest absolute Gasteiger partial charge is 0.409 e. The summed E-state index contributed by atoms with van der Waals surface area (Å²) in [5, 5.41) is 3.44. The van der Waals surface area contributed by atoms with E-state index in [2.05, 4.69) is 20.9 Å². The topological polar surface area (TPSA) is 64.7 Å². The lowest BCUT2D eigenvalue weighted by molar-refractivity contribution is 0.158. The van der Waals surface area contributed by atoms with Gasteiger partial charge in [0.25, 0.3) is 5.97 Å². The van der Waals surface area contributed by atoms with Crippen LogP contribution < -0.4 is 4.74 Å². The van der Waals surface area contributed by atoms with Crippen molar-refractivity contribution in [1.29, 1.82) is 0 Å². The third-order valence-electron chi connectivity index (χ3n) is 5.32. The zero-order valence-electron chi connectivity index (χ0n) is 18.9. The number of amides is 1. The van der Waals surface area contributed by atoms with Gasteiger partial charge in [0, 0.05) is 6.54 Å². The molecule has 0 N–H and O–H groups in total. The Bertz CT molecular complexity index is 1100. The first kappa shape index (κ1) is 23.8. The van der Waals surface area contributed by atoms with Gasteiger partial charge in [-0.25, -0.2) is 9.64 Å². The monoisotopic (exact) mass is 451 g/mol. The zero-order valence-corrected chi connectivity index (χ0v) is 18.9. The molecule has 1 saturated heterocycles. The molecule has 33 heavy (non-hydrogen) atoms. The fourth-order valence-corrected chi connectivity index (χ4v) is 3.76. The molecular weight excluding hydrogens is 425 g/mol. The largest absolute Gasteiger partial charge is 0.496 e. The molecule has 1 heterocycles. The summed E-state index contributed by atoms with van der Waals surface area (Å²) in [6.45, 7) is 10.7. The van der Waals surface area contributed by atoms with E-state index in [1.807, 2.05) is 25.1 Å². The number of oxime groups is 1. The van der Waals surface area contributed by atoms with E-state index in [0.29, 0.717) is 37.6 Å². The van der Waals surface area contributed by atoms with Crippen LogP contribution in [0.3, 0.4) is 0 Å². The van der Waals surface area contributed by atoms with Crippen LogP contribution in [0.4, 0.5) is 14.9 Å². The molecule has 0 bridgehead atoms. The second kappa shape index (κ2) is 11.1. The van der Waals surface area contributed by atoms with E-state index < -0.39 is 5.97 Å². The number of allylic oxidation sites excluding steroid dienone is 1. The molecule has 0 spiro atoms. The average molecular weight is 451 g/mol. The van der Waals surface area contributed by atoms with Gasteiger partial charge in [-0.2, -0.15) is 4.39 Å². The van der Waals surface area contributed by atoms with Crippen molar-refractivity contribution in [3.8, 4) is 5.75 Å². The van der Waals surface area contributed by atoms with Crippen molar-refractivity contribution < 1.29 is 23.5 Å². The molecule has 1 aliphatic rings. The Morgan fingerprint density at radius 2 is 2.03 bits per heavy atom. The Hall–Kier alpha value is -3.86. The van der Waals surface area contributed by atoms with Crippen molar-refractivity contribution in [1.82, 2.24) is 4.90 Å². The number of carbonyl (C=O) groups is 1. The SMILES string of the molecule is [C-]#[N+]c1ccc(/C(=C/CCCN2CCOC2=O)c2cc(C)c(OC)c(/C(F)=N/OC)c2)cc1. The molecule has 0 aromatic heterocycles. The van der Waals surface area contributed by atoms with Crippen molar-refractivity contribution in [2.24, 2.45) is 5.16 Å². The average Bonchev–Trinajstić information content (AvgIpc) is 3.23. The van der Waals surface area contributed by atoms with Gasteiger partial charge in [0.05, 0.1) is 25.8 Å². The second-order valence-electron chi connectivity index (χ2n) is 7.46. The molecule has 3 rings (SSSR count). The van der Waals surface area contributed by atoms with Crippen LogP contribution in [0.15, 0.2) is 47.6 Å². The molecule has 0 radical (unpaired) electrons. The van der Waals surface area contributed by atoms with Crippen LogP contribution in [0.2, 0.25) is 0 Å². The lowest BCUT2D eigenvalue weighted by Gasteiger charge is -2.16. The molecule has 2 aromatic rings. The number of carbonyl (C=O) groups excluding carboxylic acids is 1. The van der Waals surface area contributed by atoms with Crippen LogP contribution in [0.1, 0.15) is 35.1 Å². The molecule has 172 valence electrons. The predicted octanol–water partition coefficient (Wildman–Crippen LogP) is 5.50. The first-order valence-electron chi connectivity index (χ1n) is 10.5. The fourth-order valence-electron chi connectivity index (χ4n) is 3.76. The number of halogens is 1. The fraction of sp³-hybridized carbons (Fsp3) is 0.320. The van der Waals surface area contributed by atoms with Crippen molar-refractivity contribution in [3.05, 3.63) is 76.1 Å². The summed E-state index contributed by atoms with van der Waals surface area (Å²) in [5.74, 6) is -0.401. The van der Waals surface area contributed by atoms with E-state index in [1.165, 1.54) is 14.2 Å². The molecule has 1 amide bonds. The van der Waals surface area contributed by atoms with E-state index >= 15 is 0 Å². The van der Waals surface area contributed by atoms with Crippen LogP contribution in [-0.4, -0.2) is 50.9 Å². The van der Waals surface area contributed by atoms with Gasteiger partial charge in [0.2, 0.25) is 0 Å². The molecule has 7 nitrogen and oxygen atoms in total. The Balaban J connectivity index is 1.98. The van der Waals surface area contributed by atoms with Gasteiger partial charge in [-0.15, -0.1) is 0 Å². The van der Waals surface area contributed by atoms with Crippen LogP contribution in [0.5, 0.6) is 5.75 Å². The number of benzene rings is 2. The van der Waals surface area contributed by atoms with E-state index in [9.17, 15) is 9.18 Å². The predicted molar refractivity (Wildman–Crippen MR) is 124 cm³/mol. The molecule has 1 fully saturated rings. The summed E-state index contributed by atoms with van der Waals surface area (Å²) in [5.41, 5.74) is 4.03. The van der Waals surface area contributed by atoms with Crippen molar-refractivity contribution >= 4 is 23.3 Å². The maximum atomic E-state index is 14.7. The summed E-state index contributed by atoms with van der Waals surface area (Å²) in [7, 11) is 2.76. The molecule has 0 atom stereocenters. The normalized spacial score (nSPS) is 14.2. The highest BCUT2D eigenvalue weighted by Crippen LogP contribution is 2.33. The zero-order chi connectivity index (χ0) is 23.8. The van der Waals surface area contributed by atoms with Crippen LogP contribution >= 0.6 is 0 Å². The number of ether oxygens (including phenoxy) is 2. The number of rotatable bonds is 9. The summed E-state index contributed by atoms with van der Waals surface area (Å²) in [6, 6.07) is 10.8. The maximum Gasteiger partial charge on any atom is 0.409 e. The maximum absolute atomic E-state index is 14.7. The minimum Gasteiger partial charge on any atom is -0.496 e. The summed E-state index contributed by atoms with van der Waals surface area (Å²) in [6.07, 6.45) is 3.22. The van der Waals surface area contributed by atoms with Crippen LogP contribution in [-0.2, 0) is 9.57 Å². The Morgan fingerprint density at radius 1 is 1.27 bits per heavy atom. The third-order valence-corrected chi connectivity index (χ3v) is 5.32. The number of methoxy groups -OCH3 is 1. The van der Waals surface area contributed by atoms with Gasteiger partial charge in [0.15, 0.2) is 5.69 Å². The summed E-state index contributed by atoms with van der Waals surface area (Å²) >= 11 is 0. The second-order valence-corrected chi connectivity index (χ2v) is 7.46. The van der Waals surface area contributed by atoms with Crippen molar-refractivity contribution in [2.45, 2.75) is 19.8 Å². The number of hydrogen-bond acceptors (Lipinski definition) is 5. The van der Waals surface area contributed by atoms with Gasteiger partial charge < -0.3 is 19.2 Å². The first-order valence-corrected chi connectivity index (χ1v) is 10.5. The minimum absolute atomic E-state index is 0.192. The lowest BCUT2D eigenvalue weighted by atomic mass is 9.93. The highest BCUT2D eigenvalue weighted by atomic mass is 19.1. The van der Waals surface area contributed by atoms with Gasteiger partial charge >= 0.3 is 6.09 Å². The molecular formula is C25H26FN3O4. The van der Waals surface area contributed by atoms with Crippen LogP contribution in [0, 0.1) is 13.5 Å². The van der Waals surface area contributed by atoms with Gasteiger partial charge in [-0.3, -0.25) is 0 Å². The van der Waals surface area contributed by atoms with Gasteiger partial charge in [0.1, 0.15) is 19.5 Å². The van der Waals surface area contributed by atoms with Crippen molar-refractivity contribution in [3.63, 3.8) is 0 Å². The molecule has 8 heteroatoms. The summed E-state index contributed by atoms with van der Waals surface area (Å²) < 4.78 is 25.0. The van der Waals surface area contributed by atoms with E-state index in [-0.39, 0.29) is 11.7 Å². The molecule has 0 saturated carbocycles.